The number of hydrogen-bond acceptors (Lipinski definition) is 3. The molecule has 0 amide bonds. The van der Waals surface area contributed by atoms with Gasteiger partial charge >= 0.3 is 5.97 Å². The minimum Gasteiger partial charge on any atom is -0.469 e. The monoisotopic (exact) mass is 250 g/mol. The third-order valence-electron chi connectivity index (χ3n) is 2.73. The van der Waals surface area contributed by atoms with Crippen molar-refractivity contribution in [2.24, 2.45) is 0 Å². The molecule has 0 aromatic heterocycles. The Labute approximate surface area is 102 Å². The normalized spacial score (nSPS) is 14.5. The van der Waals surface area contributed by atoms with E-state index in [1.165, 1.54) is 7.11 Å². The molecule has 2 unspecified atom stereocenters. The van der Waals surface area contributed by atoms with E-state index in [9.17, 15) is 4.79 Å². The molecule has 0 fully saturated rings. The maximum Gasteiger partial charge on any atom is 0.305 e. The van der Waals surface area contributed by atoms with Gasteiger partial charge in [-0.1, -0.05) is 6.42 Å². The Hall–Kier alpha value is -0.260. The van der Waals surface area contributed by atoms with Gasteiger partial charge in [-0.25, -0.2) is 0 Å². The van der Waals surface area contributed by atoms with Crippen LogP contribution in [-0.2, 0) is 9.53 Å². The van der Waals surface area contributed by atoms with Crippen LogP contribution in [0.4, 0.5) is 0 Å². The van der Waals surface area contributed by atoms with Gasteiger partial charge in [-0.2, -0.15) is 11.8 Å². The Morgan fingerprint density at radius 1 is 1.25 bits per heavy atom. The third kappa shape index (κ3) is 7.96. The average molecular weight is 250 g/mol. The topological polar surface area (TPSA) is 81.6 Å². The Bertz CT molecular complexity index is 191. The molecule has 0 aromatic rings. The molecule has 5 heteroatoms. The molecule has 0 aliphatic rings. The first-order valence-corrected chi connectivity index (χ1v) is 7.23. The molecule has 0 heterocycles. The number of rotatable bonds is 9. The summed E-state index contributed by atoms with van der Waals surface area (Å²) in [5.74, 6) is 0.972. The molecule has 16 heavy (non-hydrogen) atoms. The number of quaternary nitrogens is 2. The van der Waals surface area contributed by atoms with E-state index in [0.29, 0.717) is 18.5 Å². The number of hydrogen-bond donors (Lipinski definition) is 2. The molecular weight excluding hydrogens is 224 g/mol. The highest BCUT2D eigenvalue weighted by Gasteiger charge is 2.18. The van der Waals surface area contributed by atoms with E-state index >= 15 is 0 Å². The summed E-state index contributed by atoms with van der Waals surface area (Å²) < 4.78 is 4.58. The van der Waals surface area contributed by atoms with E-state index in [4.69, 9.17) is 0 Å². The van der Waals surface area contributed by atoms with Gasteiger partial charge in [-0.3, -0.25) is 4.79 Å². The smallest absolute Gasteiger partial charge is 0.305 e. The molecule has 0 rings (SSSR count). The Kier molecular flexibility index (Phi) is 9.77. The molecule has 96 valence electrons. The molecule has 2 atom stereocenters. The zero-order valence-electron chi connectivity index (χ0n) is 10.5. The zero-order chi connectivity index (χ0) is 12.4. The van der Waals surface area contributed by atoms with E-state index in [0.717, 1.165) is 31.4 Å². The molecule has 4 nitrogen and oxygen atoms in total. The summed E-state index contributed by atoms with van der Waals surface area (Å²) in [6.07, 6.45) is 6.87. The van der Waals surface area contributed by atoms with Gasteiger partial charge in [0.25, 0.3) is 0 Å². The van der Waals surface area contributed by atoms with Crippen LogP contribution in [0.25, 0.3) is 0 Å². The van der Waals surface area contributed by atoms with Crippen molar-refractivity contribution in [2.45, 2.75) is 44.2 Å². The van der Waals surface area contributed by atoms with E-state index < -0.39 is 0 Å². The van der Waals surface area contributed by atoms with Crippen molar-refractivity contribution >= 4 is 17.7 Å². The molecule has 0 aliphatic carbocycles. The highest BCUT2D eigenvalue weighted by molar-refractivity contribution is 7.98. The molecule has 0 saturated heterocycles. The summed E-state index contributed by atoms with van der Waals surface area (Å²) >= 11 is 1.82. The second-order valence-electron chi connectivity index (χ2n) is 4.15. The van der Waals surface area contributed by atoms with Gasteiger partial charge in [0.1, 0.15) is 12.1 Å². The summed E-state index contributed by atoms with van der Waals surface area (Å²) in [4.78, 5) is 10.9. The van der Waals surface area contributed by atoms with Crippen LogP contribution in [0.1, 0.15) is 32.1 Å². The molecule has 0 spiro atoms. The fraction of sp³-hybridized carbons (Fsp3) is 0.909. The number of carbonyl (C=O) groups is 1. The van der Waals surface area contributed by atoms with Crippen LogP contribution in [0.5, 0.6) is 0 Å². The van der Waals surface area contributed by atoms with E-state index in [2.05, 4.69) is 22.5 Å². The number of esters is 1. The Morgan fingerprint density at radius 2 is 1.94 bits per heavy atom. The summed E-state index contributed by atoms with van der Waals surface area (Å²) in [5.41, 5.74) is 8.25. The highest BCUT2D eigenvalue weighted by Crippen LogP contribution is 2.07. The Morgan fingerprint density at radius 3 is 2.50 bits per heavy atom. The van der Waals surface area contributed by atoms with Crippen molar-refractivity contribution < 1.29 is 21.0 Å². The lowest BCUT2D eigenvalue weighted by Crippen LogP contribution is -2.80. The minimum atomic E-state index is -0.108. The molecule has 0 aromatic carbocycles. The average Bonchev–Trinajstić information content (AvgIpc) is 2.28. The fourth-order valence-corrected chi connectivity index (χ4v) is 2.24. The maximum absolute atomic E-state index is 10.9. The first-order chi connectivity index (χ1) is 7.61. The van der Waals surface area contributed by atoms with Gasteiger partial charge < -0.3 is 16.2 Å². The zero-order valence-corrected chi connectivity index (χ0v) is 11.4. The number of methoxy groups -OCH3 is 1. The standard InChI is InChI=1S/C11H24N2O2S/c1-15-11(14)7-5-3-4-6-9(12)10(13)8-16-2/h9-10H,3-8,12-13H2,1-2H3/p+2. The van der Waals surface area contributed by atoms with E-state index in [1.807, 2.05) is 11.8 Å². The SMILES string of the molecule is COC(=O)CCCCCC([NH3+])C([NH3+])CSC. The van der Waals surface area contributed by atoms with E-state index in [1.54, 1.807) is 0 Å². The largest absolute Gasteiger partial charge is 0.469 e. The first kappa shape index (κ1) is 15.7. The summed E-state index contributed by atoms with van der Waals surface area (Å²) in [5, 5.41) is 0. The van der Waals surface area contributed by atoms with Crippen molar-refractivity contribution in [3.8, 4) is 0 Å². The Balaban J connectivity index is 3.40. The predicted octanol–water partition coefficient (Wildman–Crippen LogP) is -0.306. The molecule has 0 aliphatic heterocycles. The lowest BCUT2D eigenvalue weighted by molar-refractivity contribution is -0.524. The van der Waals surface area contributed by atoms with Crippen molar-refractivity contribution in [3.05, 3.63) is 0 Å². The van der Waals surface area contributed by atoms with Crippen LogP contribution in [0.2, 0.25) is 0 Å². The van der Waals surface area contributed by atoms with Crippen LogP contribution < -0.4 is 11.5 Å². The van der Waals surface area contributed by atoms with Crippen LogP contribution in [-0.4, -0.2) is 37.2 Å². The molecular formula is C11H26N2O2S+2. The predicted molar refractivity (Wildman–Crippen MR) is 66.8 cm³/mol. The van der Waals surface area contributed by atoms with Gasteiger partial charge in [0, 0.05) is 12.8 Å². The summed E-state index contributed by atoms with van der Waals surface area (Å²) in [6, 6.07) is 0.876. The lowest BCUT2D eigenvalue weighted by atomic mass is 10.0. The fourth-order valence-electron chi connectivity index (χ4n) is 1.54. The summed E-state index contributed by atoms with van der Waals surface area (Å²) in [6.45, 7) is 0. The second-order valence-corrected chi connectivity index (χ2v) is 5.06. The quantitative estimate of drug-likeness (QED) is 0.435. The van der Waals surface area contributed by atoms with Gasteiger partial charge in [0.2, 0.25) is 0 Å². The molecule has 6 N–H and O–H groups in total. The van der Waals surface area contributed by atoms with Crippen LogP contribution >= 0.6 is 11.8 Å². The van der Waals surface area contributed by atoms with Crippen LogP contribution in [0.3, 0.4) is 0 Å². The molecule has 0 bridgehead atoms. The van der Waals surface area contributed by atoms with Crippen LogP contribution in [0, 0.1) is 0 Å². The summed E-state index contributed by atoms with van der Waals surface area (Å²) in [7, 11) is 1.43. The van der Waals surface area contributed by atoms with Crippen molar-refractivity contribution in [1.29, 1.82) is 0 Å². The van der Waals surface area contributed by atoms with Gasteiger partial charge in [-0.15, -0.1) is 0 Å². The van der Waals surface area contributed by atoms with E-state index in [-0.39, 0.29) is 5.97 Å². The number of ether oxygens (including phenoxy) is 1. The highest BCUT2D eigenvalue weighted by atomic mass is 32.2. The minimum absolute atomic E-state index is 0.108. The third-order valence-corrected chi connectivity index (χ3v) is 3.49. The second kappa shape index (κ2) is 9.93. The van der Waals surface area contributed by atoms with Gasteiger partial charge in [0.05, 0.1) is 12.9 Å². The number of carbonyl (C=O) groups excluding carboxylic acids is 1. The van der Waals surface area contributed by atoms with Gasteiger partial charge in [-0.05, 0) is 19.1 Å². The number of thioether (sulfide) groups is 1. The van der Waals surface area contributed by atoms with Crippen LogP contribution in [0.15, 0.2) is 0 Å². The van der Waals surface area contributed by atoms with Crippen molar-refractivity contribution in [3.63, 3.8) is 0 Å². The first-order valence-electron chi connectivity index (χ1n) is 5.83. The number of unbranched alkanes of at least 4 members (excludes halogenated alkanes) is 2. The van der Waals surface area contributed by atoms with Gasteiger partial charge in [0.15, 0.2) is 0 Å². The lowest BCUT2D eigenvalue weighted by Gasteiger charge is -2.12. The van der Waals surface area contributed by atoms with Crippen molar-refractivity contribution in [1.82, 2.24) is 0 Å². The van der Waals surface area contributed by atoms with Crippen molar-refractivity contribution in [2.75, 3.05) is 19.1 Å². The molecule has 0 radical (unpaired) electrons. The maximum atomic E-state index is 10.9. The molecule has 0 saturated carbocycles.